The lowest BCUT2D eigenvalue weighted by molar-refractivity contribution is -0.136. The predicted molar refractivity (Wildman–Crippen MR) is 119 cm³/mol. The average molecular weight is 440 g/mol. The van der Waals surface area contributed by atoms with E-state index in [-0.39, 0.29) is 30.2 Å². The summed E-state index contributed by atoms with van der Waals surface area (Å²) in [5.41, 5.74) is 1.96. The Bertz CT molecular complexity index is 933. The van der Waals surface area contributed by atoms with E-state index in [2.05, 4.69) is 24.1 Å². The zero-order valence-electron chi connectivity index (χ0n) is 19.1. The summed E-state index contributed by atoms with van der Waals surface area (Å²) in [6.45, 7) is 7.37. The number of amides is 3. The highest BCUT2D eigenvalue weighted by molar-refractivity contribution is 6.05. The zero-order chi connectivity index (χ0) is 22.5. The van der Waals surface area contributed by atoms with Gasteiger partial charge in [0.2, 0.25) is 11.8 Å². The summed E-state index contributed by atoms with van der Waals surface area (Å²) in [6, 6.07) is 5.56. The molecule has 3 atom stereocenters. The lowest BCUT2D eigenvalue weighted by atomic mass is 9.82. The molecule has 5 rings (SSSR count). The number of benzene rings is 1. The second-order valence-electron chi connectivity index (χ2n) is 10.6. The molecule has 1 unspecified atom stereocenters. The van der Waals surface area contributed by atoms with Gasteiger partial charge in [-0.3, -0.25) is 24.6 Å². The summed E-state index contributed by atoms with van der Waals surface area (Å²) in [5, 5.41) is 2.35. The summed E-state index contributed by atoms with van der Waals surface area (Å²) < 4.78 is 6.47. The van der Waals surface area contributed by atoms with Crippen molar-refractivity contribution in [1.29, 1.82) is 0 Å². The van der Waals surface area contributed by atoms with Crippen LogP contribution in [0.3, 0.4) is 0 Å². The molecule has 1 saturated carbocycles. The third-order valence-electron chi connectivity index (χ3n) is 7.82. The van der Waals surface area contributed by atoms with E-state index in [1.807, 2.05) is 18.2 Å². The molecule has 0 radical (unpaired) electrons. The second-order valence-corrected chi connectivity index (χ2v) is 10.6. The molecule has 1 aliphatic carbocycles. The highest BCUT2D eigenvalue weighted by Crippen LogP contribution is 2.36. The van der Waals surface area contributed by atoms with Gasteiger partial charge < -0.3 is 9.64 Å². The van der Waals surface area contributed by atoms with E-state index in [1.54, 1.807) is 4.90 Å². The minimum Gasteiger partial charge on any atom is -0.489 e. The van der Waals surface area contributed by atoms with Crippen molar-refractivity contribution in [2.45, 2.75) is 83.5 Å². The van der Waals surface area contributed by atoms with Crippen molar-refractivity contribution in [2.75, 3.05) is 13.1 Å². The van der Waals surface area contributed by atoms with Crippen molar-refractivity contribution in [3.63, 3.8) is 0 Å². The number of ether oxygens (including phenoxy) is 1. The van der Waals surface area contributed by atoms with Crippen LogP contribution >= 0.6 is 0 Å². The Hall–Kier alpha value is -2.41. The molecule has 7 nitrogen and oxygen atoms in total. The minimum absolute atomic E-state index is 0.143. The molecular formula is C25H33N3O4. The Morgan fingerprint density at radius 3 is 2.59 bits per heavy atom. The Labute approximate surface area is 189 Å². The molecule has 172 valence electrons. The summed E-state index contributed by atoms with van der Waals surface area (Å²) in [5.74, 6) is 0.0125. The van der Waals surface area contributed by atoms with E-state index in [1.165, 1.54) is 25.7 Å². The molecular weight excluding hydrogens is 406 g/mol. The number of carbonyl (C=O) groups is 3. The van der Waals surface area contributed by atoms with Crippen LogP contribution in [0.4, 0.5) is 0 Å². The molecule has 1 N–H and O–H groups in total. The van der Waals surface area contributed by atoms with Gasteiger partial charge in [-0.2, -0.15) is 0 Å². The number of fused-ring (bicyclic) bond motifs is 1. The fourth-order valence-corrected chi connectivity index (χ4v) is 5.72. The minimum atomic E-state index is -0.584. The smallest absolute Gasteiger partial charge is 0.255 e. The van der Waals surface area contributed by atoms with Gasteiger partial charge in [-0.25, -0.2) is 0 Å². The van der Waals surface area contributed by atoms with Crippen LogP contribution in [0.25, 0.3) is 0 Å². The van der Waals surface area contributed by atoms with Gasteiger partial charge in [0.05, 0.1) is 0 Å². The first-order chi connectivity index (χ1) is 15.3. The molecule has 3 aliphatic heterocycles. The van der Waals surface area contributed by atoms with Crippen molar-refractivity contribution >= 4 is 17.7 Å². The standard InChI is InChI=1S/C25H33N3O4/c1-25(2)10-12-27(13-11-25)19-4-3-5-21(19)32-17-6-7-18-16(14-17)15-28(24(18)31)20-8-9-22(29)26-23(20)30/h6-7,14,19-21H,3-5,8-13,15H2,1-2H3,(H,26,29,30)/t19-,20?,21+/m0/s1. The number of likely N-dealkylation sites (tertiary alicyclic amines) is 1. The Morgan fingerprint density at radius 2 is 1.84 bits per heavy atom. The Balaban J connectivity index is 1.26. The molecule has 4 aliphatic rings. The van der Waals surface area contributed by atoms with Crippen LogP contribution in [-0.2, 0) is 16.1 Å². The van der Waals surface area contributed by atoms with Crippen LogP contribution < -0.4 is 10.1 Å². The van der Waals surface area contributed by atoms with Gasteiger partial charge >= 0.3 is 0 Å². The molecule has 32 heavy (non-hydrogen) atoms. The van der Waals surface area contributed by atoms with E-state index in [9.17, 15) is 14.4 Å². The fourth-order valence-electron chi connectivity index (χ4n) is 5.72. The first kappa shape index (κ1) is 21.4. The predicted octanol–water partition coefficient (Wildman–Crippen LogP) is 2.87. The van der Waals surface area contributed by atoms with Crippen LogP contribution in [0.1, 0.15) is 74.7 Å². The maximum absolute atomic E-state index is 12.9. The zero-order valence-corrected chi connectivity index (χ0v) is 19.1. The molecule has 0 spiro atoms. The monoisotopic (exact) mass is 439 g/mol. The van der Waals surface area contributed by atoms with Crippen LogP contribution in [0.2, 0.25) is 0 Å². The number of rotatable bonds is 4. The molecule has 0 bridgehead atoms. The third-order valence-corrected chi connectivity index (χ3v) is 7.82. The SMILES string of the molecule is CC1(C)CCN([C@H]2CCC[C@H]2Oc2ccc3c(c2)CN(C2CCC(=O)NC2=O)C3=O)CC1. The highest BCUT2D eigenvalue weighted by atomic mass is 16.5. The van der Waals surface area contributed by atoms with E-state index in [4.69, 9.17) is 4.74 Å². The molecule has 2 saturated heterocycles. The quantitative estimate of drug-likeness (QED) is 0.730. The molecule has 1 aromatic rings. The van der Waals surface area contributed by atoms with Gasteiger partial charge in [-0.15, -0.1) is 0 Å². The number of carbonyl (C=O) groups excluding carboxylic acids is 3. The molecule has 3 fully saturated rings. The van der Waals surface area contributed by atoms with Gasteiger partial charge in [0.25, 0.3) is 5.91 Å². The first-order valence-corrected chi connectivity index (χ1v) is 12.0. The fraction of sp³-hybridized carbons (Fsp3) is 0.640. The molecule has 3 amide bonds. The van der Waals surface area contributed by atoms with E-state index >= 15 is 0 Å². The van der Waals surface area contributed by atoms with Crippen molar-refractivity contribution in [1.82, 2.24) is 15.1 Å². The maximum Gasteiger partial charge on any atom is 0.255 e. The highest BCUT2D eigenvalue weighted by Gasteiger charge is 2.40. The van der Waals surface area contributed by atoms with Gasteiger partial charge in [0.1, 0.15) is 17.9 Å². The maximum atomic E-state index is 12.9. The number of hydrogen-bond acceptors (Lipinski definition) is 5. The summed E-state index contributed by atoms with van der Waals surface area (Å²) in [6.07, 6.45) is 6.70. The van der Waals surface area contributed by atoms with Gasteiger partial charge in [-0.05, 0) is 80.8 Å². The lowest BCUT2D eigenvalue weighted by Gasteiger charge is -2.41. The van der Waals surface area contributed by atoms with E-state index in [0.717, 1.165) is 30.8 Å². The third kappa shape index (κ3) is 4.03. The van der Waals surface area contributed by atoms with Crippen LogP contribution in [-0.4, -0.2) is 58.8 Å². The van der Waals surface area contributed by atoms with Crippen LogP contribution in [0.15, 0.2) is 18.2 Å². The second kappa shape index (κ2) is 8.18. The average Bonchev–Trinajstić information content (AvgIpc) is 3.33. The number of nitrogens with zero attached hydrogens (tertiary/aromatic N) is 2. The lowest BCUT2D eigenvalue weighted by Crippen LogP contribution is -2.52. The van der Waals surface area contributed by atoms with Gasteiger partial charge in [0.15, 0.2) is 0 Å². The van der Waals surface area contributed by atoms with Gasteiger partial charge in [0, 0.05) is 24.6 Å². The molecule has 7 heteroatoms. The Kier molecular flexibility index (Phi) is 5.48. The van der Waals surface area contributed by atoms with E-state index in [0.29, 0.717) is 30.0 Å². The summed E-state index contributed by atoms with van der Waals surface area (Å²) in [7, 11) is 0. The number of hydrogen-bond donors (Lipinski definition) is 1. The van der Waals surface area contributed by atoms with Crippen molar-refractivity contribution in [3.05, 3.63) is 29.3 Å². The number of piperidine rings is 2. The van der Waals surface area contributed by atoms with Gasteiger partial charge in [-0.1, -0.05) is 13.8 Å². The topological polar surface area (TPSA) is 79.0 Å². The number of imide groups is 1. The van der Waals surface area contributed by atoms with Crippen LogP contribution in [0, 0.1) is 5.41 Å². The molecule has 1 aromatic carbocycles. The van der Waals surface area contributed by atoms with E-state index < -0.39 is 6.04 Å². The van der Waals surface area contributed by atoms with Crippen molar-refractivity contribution in [3.8, 4) is 5.75 Å². The first-order valence-electron chi connectivity index (χ1n) is 12.0. The summed E-state index contributed by atoms with van der Waals surface area (Å²) in [4.78, 5) is 40.8. The van der Waals surface area contributed by atoms with Crippen molar-refractivity contribution < 1.29 is 19.1 Å². The van der Waals surface area contributed by atoms with Crippen molar-refractivity contribution in [2.24, 2.45) is 5.41 Å². The largest absolute Gasteiger partial charge is 0.489 e. The normalized spacial score (nSPS) is 30.4. The summed E-state index contributed by atoms with van der Waals surface area (Å²) >= 11 is 0. The molecule has 3 heterocycles. The van der Waals surface area contributed by atoms with Crippen LogP contribution in [0.5, 0.6) is 5.75 Å². The molecule has 0 aromatic heterocycles. The Morgan fingerprint density at radius 1 is 1.06 bits per heavy atom. The number of nitrogens with one attached hydrogen (secondary N) is 1.